The van der Waals surface area contributed by atoms with Gasteiger partial charge in [0.15, 0.2) is 0 Å². The molecule has 1 heterocycles. The van der Waals surface area contributed by atoms with Gasteiger partial charge in [-0.1, -0.05) is 17.7 Å². The molecule has 0 radical (unpaired) electrons. The normalized spacial score (nSPS) is 12.4. The minimum Gasteiger partial charge on any atom is -0.460 e. The van der Waals surface area contributed by atoms with E-state index in [-0.39, 0.29) is 16.3 Å². The summed E-state index contributed by atoms with van der Waals surface area (Å²) in [5, 5.41) is 5.68. The molecule has 28 heavy (non-hydrogen) atoms. The summed E-state index contributed by atoms with van der Waals surface area (Å²) < 4.78 is 55.3. The Balaban J connectivity index is 1.83. The Morgan fingerprint density at radius 3 is 2.25 bits per heavy atom. The maximum absolute atomic E-state index is 12.8. The molecular formula is C18H17ClN2O5S2. The first-order valence-corrected chi connectivity index (χ1v) is 11.4. The van der Waals surface area contributed by atoms with Crippen molar-refractivity contribution in [2.45, 2.75) is 16.3 Å². The van der Waals surface area contributed by atoms with Crippen LogP contribution in [0.4, 0.5) is 0 Å². The second-order valence-corrected chi connectivity index (χ2v) is 10.1. The molecule has 0 saturated carbocycles. The summed E-state index contributed by atoms with van der Waals surface area (Å²) in [4.78, 5) is -0.448. The van der Waals surface area contributed by atoms with E-state index in [1.54, 1.807) is 36.4 Å². The first kappa shape index (κ1) is 20.6. The second kappa shape index (κ2) is 7.69. The maximum Gasteiger partial charge on any atom is 0.243 e. The summed E-state index contributed by atoms with van der Waals surface area (Å²) >= 11 is 5.87. The van der Waals surface area contributed by atoms with Crippen molar-refractivity contribution in [2.75, 3.05) is 7.05 Å². The van der Waals surface area contributed by atoms with Crippen molar-refractivity contribution in [3.8, 4) is 11.3 Å². The van der Waals surface area contributed by atoms with Crippen LogP contribution in [0.3, 0.4) is 0 Å². The van der Waals surface area contributed by atoms with Gasteiger partial charge in [-0.3, -0.25) is 0 Å². The van der Waals surface area contributed by atoms with Crippen molar-refractivity contribution >= 4 is 31.6 Å². The molecule has 0 bridgehead atoms. The average Bonchev–Trinajstić information content (AvgIpc) is 3.10. The number of furan rings is 1. The Kier molecular flexibility index (Phi) is 5.64. The molecule has 0 fully saturated rings. The standard InChI is InChI=1S/C18H17ClN2O5S2/c1-21(28(24,25)17-4-2-3-16(11-17)27(20,22)23)12-15-9-10-18(26-15)13-5-7-14(19)8-6-13/h2-11H,12H2,1H3,(H2,20,22,23). The fourth-order valence-corrected chi connectivity index (χ4v) is 4.47. The van der Waals surface area contributed by atoms with Crippen molar-refractivity contribution in [2.24, 2.45) is 5.14 Å². The zero-order valence-electron chi connectivity index (χ0n) is 14.7. The van der Waals surface area contributed by atoms with Crippen LogP contribution in [0.1, 0.15) is 5.76 Å². The first-order valence-electron chi connectivity index (χ1n) is 8.01. The van der Waals surface area contributed by atoms with Crippen LogP contribution in [-0.2, 0) is 26.6 Å². The van der Waals surface area contributed by atoms with Gasteiger partial charge in [0, 0.05) is 17.6 Å². The Morgan fingerprint density at radius 2 is 1.61 bits per heavy atom. The maximum atomic E-state index is 12.8. The molecule has 2 aromatic carbocycles. The van der Waals surface area contributed by atoms with Crippen LogP contribution in [0.15, 0.2) is 74.9 Å². The molecule has 0 saturated heterocycles. The number of nitrogens with two attached hydrogens (primary N) is 1. The highest BCUT2D eigenvalue weighted by Crippen LogP contribution is 2.26. The molecule has 3 aromatic rings. The van der Waals surface area contributed by atoms with Gasteiger partial charge in [-0.15, -0.1) is 0 Å². The van der Waals surface area contributed by atoms with Crippen molar-refractivity contribution in [3.05, 3.63) is 71.4 Å². The minimum atomic E-state index is -4.01. The molecule has 3 rings (SSSR count). The fraction of sp³-hybridized carbons (Fsp3) is 0.111. The van der Waals surface area contributed by atoms with Gasteiger partial charge in [-0.05, 0) is 54.6 Å². The summed E-state index contributed by atoms with van der Waals surface area (Å²) in [6.07, 6.45) is 0. The van der Waals surface area contributed by atoms with Crippen LogP contribution in [0.5, 0.6) is 0 Å². The largest absolute Gasteiger partial charge is 0.460 e. The Bertz CT molecular complexity index is 1200. The molecular weight excluding hydrogens is 424 g/mol. The van der Waals surface area contributed by atoms with Gasteiger partial charge in [0.25, 0.3) is 0 Å². The van der Waals surface area contributed by atoms with E-state index in [9.17, 15) is 16.8 Å². The summed E-state index contributed by atoms with van der Waals surface area (Å²) in [6.45, 7) is -0.0322. The predicted octanol–water partition coefficient (Wildman–Crippen LogP) is 3.07. The third-order valence-electron chi connectivity index (χ3n) is 4.01. The molecule has 148 valence electrons. The highest BCUT2D eigenvalue weighted by molar-refractivity contribution is 7.90. The lowest BCUT2D eigenvalue weighted by atomic mass is 10.2. The Morgan fingerprint density at radius 1 is 0.964 bits per heavy atom. The van der Waals surface area contributed by atoms with Crippen LogP contribution in [-0.4, -0.2) is 28.2 Å². The smallest absolute Gasteiger partial charge is 0.243 e. The van der Waals surface area contributed by atoms with Crippen molar-refractivity contribution < 1.29 is 21.3 Å². The summed E-state index contributed by atoms with van der Waals surface area (Å²) in [6, 6.07) is 15.4. The van der Waals surface area contributed by atoms with Crippen molar-refractivity contribution in [3.63, 3.8) is 0 Å². The topological polar surface area (TPSA) is 111 Å². The minimum absolute atomic E-state index is 0.0322. The molecule has 0 aliphatic heterocycles. The fourth-order valence-electron chi connectivity index (χ4n) is 2.53. The number of hydrogen-bond donors (Lipinski definition) is 1. The van der Waals surface area contributed by atoms with E-state index < -0.39 is 20.0 Å². The monoisotopic (exact) mass is 440 g/mol. The van der Waals surface area contributed by atoms with Crippen LogP contribution < -0.4 is 5.14 Å². The average molecular weight is 441 g/mol. The van der Waals surface area contributed by atoms with E-state index in [2.05, 4.69) is 0 Å². The van der Waals surface area contributed by atoms with Crippen LogP contribution in [0.25, 0.3) is 11.3 Å². The molecule has 0 atom stereocenters. The molecule has 2 N–H and O–H groups in total. The third kappa shape index (κ3) is 4.45. The molecule has 0 aliphatic rings. The highest BCUT2D eigenvalue weighted by atomic mass is 35.5. The van der Waals surface area contributed by atoms with E-state index in [0.29, 0.717) is 16.5 Å². The number of halogens is 1. The molecule has 0 spiro atoms. The highest BCUT2D eigenvalue weighted by Gasteiger charge is 2.23. The molecule has 0 unspecified atom stereocenters. The number of rotatable bonds is 6. The van der Waals surface area contributed by atoms with E-state index in [0.717, 1.165) is 15.9 Å². The molecule has 10 heteroatoms. The lowest BCUT2D eigenvalue weighted by Gasteiger charge is -2.16. The Labute approximate surface area is 168 Å². The van der Waals surface area contributed by atoms with Gasteiger partial charge >= 0.3 is 0 Å². The van der Waals surface area contributed by atoms with E-state index in [4.69, 9.17) is 21.2 Å². The van der Waals surface area contributed by atoms with Gasteiger partial charge < -0.3 is 4.42 Å². The second-order valence-electron chi connectivity index (χ2n) is 6.05. The SMILES string of the molecule is CN(Cc1ccc(-c2ccc(Cl)cc2)o1)S(=O)(=O)c1cccc(S(N)(=O)=O)c1. The molecule has 0 amide bonds. The van der Waals surface area contributed by atoms with Crippen molar-refractivity contribution in [1.29, 1.82) is 0 Å². The van der Waals surface area contributed by atoms with E-state index in [1.807, 2.05) is 0 Å². The number of primary sulfonamides is 1. The van der Waals surface area contributed by atoms with Gasteiger partial charge in [0.1, 0.15) is 11.5 Å². The van der Waals surface area contributed by atoms with Crippen molar-refractivity contribution in [1.82, 2.24) is 4.31 Å². The zero-order valence-corrected chi connectivity index (χ0v) is 17.1. The van der Waals surface area contributed by atoms with Crippen LogP contribution >= 0.6 is 11.6 Å². The molecule has 0 aliphatic carbocycles. The number of benzene rings is 2. The van der Waals surface area contributed by atoms with Gasteiger partial charge in [-0.25, -0.2) is 22.0 Å². The third-order valence-corrected chi connectivity index (χ3v) is 6.97. The Hall–Kier alpha value is -2.17. The molecule has 7 nitrogen and oxygen atoms in total. The van der Waals surface area contributed by atoms with Gasteiger partial charge in [0.2, 0.25) is 20.0 Å². The van der Waals surface area contributed by atoms with Gasteiger partial charge in [-0.2, -0.15) is 4.31 Å². The van der Waals surface area contributed by atoms with Gasteiger partial charge in [0.05, 0.1) is 16.3 Å². The number of sulfonamides is 2. The number of nitrogens with zero attached hydrogens (tertiary/aromatic N) is 1. The predicted molar refractivity (Wildman–Crippen MR) is 106 cm³/mol. The summed E-state index contributed by atoms with van der Waals surface area (Å²) in [5.74, 6) is 1.01. The zero-order chi connectivity index (χ0) is 20.5. The van der Waals surface area contributed by atoms with Crippen LogP contribution in [0, 0.1) is 0 Å². The lowest BCUT2D eigenvalue weighted by Crippen LogP contribution is -2.26. The number of hydrogen-bond acceptors (Lipinski definition) is 5. The summed E-state index contributed by atoms with van der Waals surface area (Å²) in [7, 11) is -6.58. The summed E-state index contributed by atoms with van der Waals surface area (Å²) in [5.41, 5.74) is 0.807. The molecule has 1 aromatic heterocycles. The quantitative estimate of drug-likeness (QED) is 0.633. The van der Waals surface area contributed by atoms with Crippen LogP contribution in [0.2, 0.25) is 5.02 Å². The first-order chi connectivity index (χ1) is 13.1. The van der Waals surface area contributed by atoms with E-state index in [1.165, 1.54) is 25.2 Å². The van der Waals surface area contributed by atoms with E-state index >= 15 is 0 Å². The lowest BCUT2D eigenvalue weighted by molar-refractivity contribution is 0.410.